The summed E-state index contributed by atoms with van der Waals surface area (Å²) in [7, 11) is 0. The second-order valence-electron chi connectivity index (χ2n) is 3.15. The first-order valence-electron chi connectivity index (χ1n) is 4.19. The quantitative estimate of drug-likeness (QED) is 0.592. The number of halogens is 3. The van der Waals surface area contributed by atoms with Gasteiger partial charge in [0.2, 0.25) is 0 Å². The first kappa shape index (κ1) is 12.0. The van der Waals surface area contributed by atoms with Gasteiger partial charge in [0.05, 0.1) is 16.8 Å². The molecule has 0 radical (unpaired) electrons. The number of anilines is 1. The number of Topliss-reactive ketones (excluding diaryl/α,β-unsaturated/α-hetero) is 1. The molecule has 1 rings (SSSR count). The van der Waals surface area contributed by atoms with Crippen LogP contribution in [0.1, 0.15) is 28.4 Å². The van der Waals surface area contributed by atoms with Crippen molar-refractivity contribution in [3.8, 4) is 6.07 Å². The maximum absolute atomic E-state index is 12.4. The fourth-order valence-electron chi connectivity index (χ4n) is 1.20. The maximum atomic E-state index is 12.4. The van der Waals surface area contributed by atoms with E-state index < -0.39 is 17.5 Å². The van der Waals surface area contributed by atoms with E-state index in [-0.39, 0.29) is 16.8 Å². The number of carbonyl (C=O) groups is 1. The average molecular weight is 228 g/mol. The van der Waals surface area contributed by atoms with Crippen LogP contribution in [-0.2, 0) is 6.18 Å². The smallest absolute Gasteiger partial charge is 0.397 e. The highest BCUT2D eigenvalue weighted by Crippen LogP contribution is 2.33. The zero-order valence-electron chi connectivity index (χ0n) is 8.22. The normalized spacial score (nSPS) is 10.9. The molecule has 3 nitrogen and oxygen atoms in total. The summed E-state index contributed by atoms with van der Waals surface area (Å²) in [6, 6.07) is 2.80. The van der Waals surface area contributed by atoms with Crippen LogP contribution in [0.2, 0.25) is 0 Å². The summed E-state index contributed by atoms with van der Waals surface area (Å²) in [5.74, 6) is -0.611. The van der Waals surface area contributed by atoms with Gasteiger partial charge in [-0.3, -0.25) is 4.79 Å². The van der Waals surface area contributed by atoms with Crippen molar-refractivity contribution in [1.29, 1.82) is 5.26 Å². The van der Waals surface area contributed by atoms with Crippen molar-refractivity contribution in [2.75, 3.05) is 5.73 Å². The molecule has 0 unspecified atom stereocenters. The van der Waals surface area contributed by atoms with Crippen LogP contribution in [0.3, 0.4) is 0 Å². The van der Waals surface area contributed by atoms with Gasteiger partial charge in [0.1, 0.15) is 6.07 Å². The molecule has 84 valence electrons. The molecule has 2 N–H and O–H groups in total. The van der Waals surface area contributed by atoms with E-state index in [1.807, 2.05) is 0 Å². The molecule has 0 aliphatic heterocycles. The minimum absolute atomic E-state index is 0.219. The summed E-state index contributed by atoms with van der Waals surface area (Å²) in [5.41, 5.74) is 3.49. The predicted octanol–water partition coefficient (Wildman–Crippen LogP) is 2.36. The first-order chi connectivity index (χ1) is 7.27. The molecular weight excluding hydrogens is 221 g/mol. The first-order valence-corrected chi connectivity index (χ1v) is 4.19. The number of nitrogens with zero attached hydrogens (tertiary/aromatic N) is 1. The van der Waals surface area contributed by atoms with E-state index >= 15 is 0 Å². The van der Waals surface area contributed by atoms with Gasteiger partial charge in [0, 0.05) is 5.56 Å². The Labute approximate surface area is 89.3 Å². The van der Waals surface area contributed by atoms with E-state index in [2.05, 4.69) is 0 Å². The lowest BCUT2D eigenvalue weighted by molar-refractivity contribution is -0.137. The zero-order valence-corrected chi connectivity index (χ0v) is 8.22. The molecule has 0 aliphatic carbocycles. The molecule has 0 bridgehead atoms. The molecule has 0 heterocycles. The van der Waals surface area contributed by atoms with Gasteiger partial charge in [-0.15, -0.1) is 0 Å². The summed E-state index contributed by atoms with van der Waals surface area (Å²) in [5, 5.41) is 8.61. The highest BCUT2D eigenvalue weighted by molar-refractivity contribution is 6.00. The van der Waals surface area contributed by atoms with E-state index in [1.165, 1.54) is 6.07 Å². The zero-order chi connectivity index (χ0) is 12.5. The van der Waals surface area contributed by atoms with Gasteiger partial charge in [-0.25, -0.2) is 0 Å². The molecule has 0 spiro atoms. The molecule has 1 aromatic rings. The van der Waals surface area contributed by atoms with E-state index in [0.717, 1.165) is 6.92 Å². The average Bonchev–Trinajstić information content (AvgIpc) is 2.15. The maximum Gasteiger partial charge on any atom is 0.416 e. The highest BCUT2D eigenvalue weighted by Gasteiger charge is 2.32. The summed E-state index contributed by atoms with van der Waals surface area (Å²) in [6.07, 6.45) is -4.61. The van der Waals surface area contributed by atoms with E-state index in [4.69, 9.17) is 11.0 Å². The molecule has 16 heavy (non-hydrogen) atoms. The Bertz CT molecular complexity index is 486. The number of nitrogens with two attached hydrogens (primary N) is 1. The lowest BCUT2D eigenvalue weighted by Crippen LogP contribution is -2.10. The molecular formula is C10H7F3N2O. The Morgan fingerprint density at radius 3 is 2.38 bits per heavy atom. The number of carbonyl (C=O) groups excluding carboxylic acids is 1. The lowest BCUT2D eigenvalue weighted by atomic mass is 10.0. The number of nitriles is 1. The second-order valence-corrected chi connectivity index (χ2v) is 3.15. The van der Waals surface area contributed by atoms with Gasteiger partial charge < -0.3 is 5.73 Å². The predicted molar refractivity (Wildman–Crippen MR) is 50.6 cm³/mol. The molecule has 0 amide bonds. The largest absolute Gasteiger partial charge is 0.416 e. The molecule has 6 heteroatoms. The van der Waals surface area contributed by atoms with Gasteiger partial charge in [0.25, 0.3) is 0 Å². The third kappa shape index (κ3) is 2.14. The fraction of sp³-hybridized carbons (Fsp3) is 0.200. The molecule has 0 saturated heterocycles. The Morgan fingerprint density at radius 2 is 2.00 bits per heavy atom. The molecule has 0 atom stereocenters. The number of nitrogen functional groups attached to an aromatic ring is 1. The van der Waals surface area contributed by atoms with Gasteiger partial charge in [0.15, 0.2) is 5.78 Å². The van der Waals surface area contributed by atoms with Gasteiger partial charge in [-0.1, -0.05) is 0 Å². The monoisotopic (exact) mass is 228 g/mol. The minimum Gasteiger partial charge on any atom is -0.397 e. The fourth-order valence-corrected chi connectivity index (χ4v) is 1.20. The topological polar surface area (TPSA) is 66.9 Å². The van der Waals surface area contributed by atoms with E-state index in [1.54, 1.807) is 0 Å². The van der Waals surface area contributed by atoms with Crippen molar-refractivity contribution in [2.45, 2.75) is 13.1 Å². The number of hydrogen-bond donors (Lipinski definition) is 1. The van der Waals surface area contributed by atoms with Crippen molar-refractivity contribution in [3.05, 3.63) is 28.8 Å². The van der Waals surface area contributed by atoms with Crippen LogP contribution in [0.5, 0.6) is 0 Å². The van der Waals surface area contributed by atoms with Gasteiger partial charge >= 0.3 is 6.18 Å². The Kier molecular flexibility index (Phi) is 2.90. The van der Waals surface area contributed by atoms with Crippen LogP contribution < -0.4 is 5.73 Å². The minimum atomic E-state index is -4.61. The molecule has 0 aliphatic rings. The highest BCUT2D eigenvalue weighted by atomic mass is 19.4. The Balaban J connectivity index is 3.54. The van der Waals surface area contributed by atoms with Crippen molar-refractivity contribution >= 4 is 11.5 Å². The van der Waals surface area contributed by atoms with Crippen molar-refractivity contribution in [1.82, 2.24) is 0 Å². The summed E-state index contributed by atoms with van der Waals surface area (Å²) in [6.45, 7) is 1.09. The molecule has 0 aromatic heterocycles. The molecule has 0 saturated carbocycles. The third-order valence-electron chi connectivity index (χ3n) is 2.01. The number of rotatable bonds is 1. The van der Waals surface area contributed by atoms with Crippen molar-refractivity contribution in [2.24, 2.45) is 0 Å². The van der Waals surface area contributed by atoms with Crippen LogP contribution in [0.4, 0.5) is 18.9 Å². The standard InChI is InChI=1S/C10H7F3N2O/c1-5(16)8-3-7(10(11,12)13)2-6(4-14)9(8)15/h2-3H,15H2,1H3. The van der Waals surface area contributed by atoms with Crippen LogP contribution in [0, 0.1) is 11.3 Å². The Hall–Kier alpha value is -2.03. The van der Waals surface area contributed by atoms with Crippen LogP contribution in [0.15, 0.2) is 12.1 Å². The van der Waals surface area contributed by atoms with E-state index in [9.17, 15) is 18.0 Å². The summed E-state index contributed by atoms with van der Waals surface area (Å²) >= 11 is 0. The number of benzene rings is 1. The van der Waals surface area contributed by atoms with Crippen LogP contribution >= 0.6 is 0 Å². The molecule has 1 aromatic carbocycles. The number of ketones is 1. The van der Waals surface area contributed by atoms with E-state index in [0.29, 0.717) is 12.1 Å². The summed E-state index contributed by atoms with van der Waals surface area (Å²) < 4.78 is 37.3. The van der Waals surface area contributed by atoms with Crippen molar-refractivity contribution < 1.29 is 18.0 Å². The number of hydrogen-bond acceptors (Lipinski definition) is 3. The van der Waals surface area contributed by atoms with Gasteiger partial charge in [-0.2, -0.15) is 18.4 Å². The molecule has 0 fully saturated rings. The van der Waals surface area contributed by atoms with Gasteiger partial charge in [-0.05, 0) is 19.1 Å². The second kappa shape index (κ2) is 3.85. The van der Waals surface area contributed by atoms with Crippen LogP contribution in [-0.4, -0.2) is 5.78 Å². The van der Waals surface area contributed by atoms with Crippen LogP contribution in [0.25, 0.3) is 0 Å². The number of alkyl halides is 3. The van der Waals surface area contributed by atoms with Crippen molar-refractivity contribution in [3.63, 3.8) is 0 Å². The lowest BCUT2D eigenvalue weighted by Gasteiger charge is -2.10. The Morgan fingerprint density at radius 1 is 1.44 bits per heavy atom. The third-order valence-corrected chi connectivity index (χ3v) is 2.01. The summed E-state index contributed by atoms with van der Waals surface area (Å²) in [4.78, 5) is 11.1. The SMILES string of the molecule is CC(=O)c1cc(C(F)(F)F)cc(C#N)c1N.